The van der Waals surface area contributed by atoms with Crippen molar-refractivity contribution in [1.29, 1.82) is 0 Å². The predicted octanol–water partition coefficient (Wildman–Crippen LogP) is 3.58. The van der Waals surface area contributed by atoms with Crippen LogP contribution in [0.4, 0.5) is 5.69 Å². The Kier molecular flexibility index (Phi) is 6.24. The van der Waals surface area contributed by atoms with Gasteiger partial charge >= 0.3 is 0 Å². The van der Waals surface area contributed by atoms with Crippen molar-refractivity contribution in [2.24, 2.45) is 5.10 Å². The van der Waals surface area contributed by atoms with Gasteiger partial charge in [0.05, 0.1) is 10.6 Å². The fourth-order valence-corrected chi connectivity index (χ4v) is 2.19. The van der Waals surface area contributed by atoms with Crippen LogP contribution in [0.2, 0.25) is 0 Å². The highest BCUT2D eigenvalue weighted by molar-refractivity contribution is 9.10. The van der Waals surface area contributed by atoms with Crippen molar-refractivity contribution in [2.45, 2.75) is 13.8 Å². The summed E-state index contributed by atoms with van der Waals surface area (Å²) >= 11 is 3.39. The van der Waals surface area contributed by atoms with Crippen molar-refractivity contribution in [3.05, 3.63) is 68.2 Å². The summed E-state index contributed by atoms with van der Waals surface area (Å²) in [4.78, 5) is 22.1. The molecule has 0 spiro atoms. The fourth-order valence-electron chi connectivity index (χ4n) is 1.94. The zero-order valence-electron chi connectivity index (χ0n) is 13.7. The van der Waals surface area contributed by atoms with Crippen LogP contribution in [-0.4, -0.2) is 23.1 Å². The zero-order valence-corrected chi connectivity index (χ0v) is 15.2. The highest BCUT2D eigenvalue weighted by Crippen LogP contribution is 2.21. The molecule has 1 N–H and O–H groups in total. The number of halogens is 1. The van der Waals surface area contributed by atoms with E-state index in [-0.39, 0.29) is 12.3 Å². The molecule has 130 valence electrons. The molecule has 0 aliphatic carbocycles. The third kappa shape index (κ3) is 5.39. The summed E-state index contributed by atoms with van der Waals surface area (Å²) in [6, 6.07) is 11.4. The Balaban J connectivity index is 1.93. The second-order valence-corrected chi connectivity index (χ2v) is 6.09. The van der Waals surface area contributed by atoms with Crippen LogP contribution in [0, 0.1) is 17.0 Å². The van der Waals surface area contributed by atoms with E-state index < -0.39 is 10.8 Å². The van der Waals surface area contributed by atoms with Crippen LogP contribution in [0.3, 0.4) is 0 Å². The van der Waals surface area contributed by atoms with Gasteiger partial charge in [0.25, 0.3) is 11.6 Å². The van der Waals surface area contributed by atoms with E-state index in [1.54, 1.807) is 25.1 Å². The first kappa shape index (κ1) is 18.6. The lowest BCUT2D eigenvalue weighted by atomic mass is 10.1. The number of rotatable bonds is 6. The van der Waals surface area contributed by atoms with Crippen molar-refractivity contribution < 1.29 is 14.5 Å². The first-order valence-electron chi connectivity index (χ1n) is 7.33. The number of ether oxygens (including phenoxy) is 1. The van der Waals surface area contributed by atoms with Crippen LogP contribution >= 0.6 is 15.9 Å². The van der Waals surface area contributed by atoms with E-state index in [2.05, 4.69) is 26.5 Å². The van der Waals surface area contributed by atoms with Crippen LogP contribution in [0.15, 0.2) is 52.0 Å². The fraction of sp³-hybridized carbons (Fsp3) is 0.176. The molecular formula is C17H16BrN3O4. The standard InChI is InChI=1S/C17H16BrN3O4/c1-11-8-15(6-7-16(11)18)25-10-17(22)20-19-12(2)13-4-3-5-14(9-13)21(23)24/h3-9H,10H2,1-2H3,(H,20,22). The van der Waals surface area contributed by atoms with Crippen molar-refractivity contribution in [3.8, 4) is 5.75 Å². The summed E-state index contributed by atoms with van der Waals surface area (Å²) in [5.74, 6) is 0.153. The van der Waals surface area contributed by atoms with E-state index in [4.69, 9.17) is 4.74 Å². The molecule has 0 radical (unpaired) electrons. The van der Waals surface area contributed by atoms with Crippen molar-refractivity contribution in [1.82, 2.24) is 5.43 Å². The molecule has 2 rings (SSSR count). The number of non-ortho nitro benzene ring substituents is 1. The molecule has 1 amide bonds. The van der Waals surface area contributed by atoms with Crippen LogP contribution in [0.5, 0.6) is 5.75 Å². The number of carbonyl (C=O) groups is 1. The lowest BCUT2D eigenvalue weighted by molar-refractivity contribution is -0.384. The Labute approximate surface area is 153 Å². The highest BCUT2D eigenvalue weighted by Gasteiger charge is 2.08. The van der Waals surface area contributed by atoms with E-state index in [9.17, 15) is 14.9 Å². The van der Waals surface area contributed by atoms with Gasteiger partial charge in [0, 0.05) is 22.2 Å². The number of aryl methyl sites for hydroxylation is 1. The maximum Gasteiger partial charge on any atom is 0.277 e. The van der Waals surface area contributed by atoms with Crippen LogP contribution in [-0.2, 0) is 4.79 Å². The first-order valence-corrected chi connectivity index (χ1v) is 8.13. The molecule has 0 heterocycles. The molecule has 25 heavy (non-hydrogen) atoms. The Morgan fingerprint density at radius 1 is 1.32 bits per heavy atom. The van der Waals surface area contributed by atoms with Gasteiger partial charge in [0.1, 0.15) is 5.75 Å². The molecule has 0 saturated carbocycles. The lowest BCUT2D eigenvalue weighted by Crippen LogP contribution is -2.25. The molecule has 7 nitrogen and oxygen atoms in total. The van der Waals surface area contributed by atoms with E-state index >= 15 is 0 Å². The number of nitrogens with zero attached hydrogens (tertiary/aromatic N) is 2. The number of hydrogen-bond donors (Lipinski definition) is 1. The van der Waals surface area contributed by atoms with E-state index in [1.165, 1.54) is 12.1 Å². The minimum absolute atomic E-state index is 0.0349. The number of amides is 1. The minimum Gasteiger partial charge on any atom is -0.484 e. The SMILES string of the molecule is CC(=NNC(=O)COc1ccc(Br)c(C)c1)c1cccc([N+](=O)[O-])c1. The Morgan fingerprint density at radius 3 is 2.76 bits per heavy atom. The second-order valence-electron chi connectivity index (χ2n) is 5.24. The first-order chi connectivity index (χ1) is 11.9. The van der Waals surface area contributed by atoms with E-state index in [0.717, 1.165) is 10.0 Å². The third-order valence-corrected chi connectivity index (χ3v) is 4.21. The van der Waals surface area contributed by atoms with Gasteiger partial charge in [-0.15, -0.1) is 0 Å². The largest absolute Gasteiger partial charge is 0.484 e. The zero-order chi connectivity index (χ0) is 18.4. The van der Waals surface area contributed by atoms with Crippen LogP contribution < -0.4 is 10.2 Å². The number of benzene rings is 2. The van der Waals surface area contributed by atoms with Gasteiger partial charge in [-0.2, -0.15) is 5.10 Å². The molecule has 0 unspecified atom stereocenters. The van der Waals surface area contributed by atoms with Gasteiger partial charge < -0.3 is 4.74 Å². The molecule has 0 aromatic heterocycles. The van der Waals surface area contributed by atoms with Gasteiger partial charge in [0.2, 0.25) is 0 Å². The lowest BCUT2D eigenvalue weighted by Gasteiger charge is -2.07. The Bertz CT molecular complexity index is 836. The molecule has 2 aromatic carbocycles. The average Bonchev–Trinajstić information content (AvgIpc) is 2.60. The molecule has 0 bridgehead atoms. The summed E-state index contributed by atoms with van der Waals surface area (Å²) in [5, 5.41) is 14.7. The Morgan fingerprint density at radius 2 is 2.08 bits per heavy atom. The van der Waals surface area contributed by atoms with Gasteiger partial charge in [0.15, 0.2) is 6.61 Å². The third-order valence-electron chi connectivity index (χ3n) is 3.32. The maximum atomic E-state index is 11.8. The minimum atomic E-state index is -0.483. The van der Waals surface area contributed by atoms with Crippen molar-refractivity contribution >= 4 is 33.2 Å². The van der Waals surface area contributed by atoms with E-state index in [0.29, 0.717) is 17.0 Å². The number of carbonyl (C=O) groups excluding carboxylic acids is 1. The van der Waals surface area contributed by atoms with Crippen molar-refractivity contribution in [3.63, 3.8) is 0 Å². The molecule has 0 saturated heterocycles. The van der Waals surface area contributed by atoms with Gasteiger partial charge in [-0.1, -0.05) is 28.1 Å². The van der Waals surface area contributed by atoms with E-state index in [1.807, 2.05) is 19.1 Å². The summed E-state index contributed by atoms with van der Waals surface area (Å²) in [6.07, 6.45) is 0. The van der Waals surface area contributed by atoms with Gasteiger partial charge in [-0.05, 0) is 37.6 Å². The summed E-state index contributed by atoms with van der Waals surface area (Å²) < 4.78 is 6.36. The number of hydrazone groups is 1. The summed E-state index contributed by atoms with van der Waals surface area (Å²) in [7, 11) is 0. The Hall–Kier alpha value is -2.74. The number of hydrogen-bond acceptors (Lipinski definition) is 5. The molecule has 8 heteroatoms. The quantitative estimate of drug-likeness (QED) is 0.451. The summed E-state index contributed by atoms with van der Waals surface area (Å²) in [6.45, 7) is 3.38. The average molecular weight is 406 g/mol. The maximum absolute atomic E-state index is 11.8. The molecular weight excluding hydrogens is 390 g/mol. The number of nitro benzene ring substituents is 1. The molecule has 0 aliphatic heterocycles. The monoisotopic (exact) mass is 405 g/mol. The molecule has 0 atom stereocenters. The van der Waals surface area contributed by atoms with Crippen LogP contribution in [0.1, 0.15) is 18.1 Å². The van der Waals surface area contributed by atoms with Gasteiger partial charge in [-0.25, -0.2) is 5.43 Å². The second kappa shape index (κ2) is 8.39. The predicted molar refractivity (Wildman–Crippen MR) is 97.8 cm³/mol. The summed E-state index contributed by atoms with van der Waals surface area (Å²) in [5.41, 5.74) is 4.34. The topological polar surface area (TPSA) is 93.8 Å². The number of nitrogens with one attached hydrogen (secondary N) is 1. The van der Waals surface area contributed by atoms with Crippen LogP contribution in [0.25, 0.3) is 0 Å². The normalized spacial score (nSPS) is 11.1. The highest BCUT2D eigenvalue weighted by atomic mass is 79.9. The van der Waals surface area contributed by atoms with Crippen molar-refractivity contribution in [2.75, 3.05) is 6.61 Å². The molecule has 0 aliphatic rings. The molecule has 0 fully saturated rings. The number of nitro groups is 1. The van der Waals surface area contributed by atoms with Gasteiger partial charge in [-0.3, -0.25) is 14.9 Å². The molecule has 2 aromatic rings. The smallest absolute Gasteiger partial charge is 0.277 e.